The third-order valence-corrected chi connectivity index (χ3v) is 9.84. The van der Waals surface area contributed by atoms with Crippen molar-refractivity contribution in [3.05, 3.63) is 11.5 Å². The van der Waals surface area contributed by atoms with Crippen molar-refractivity contribution >= 4 is 11.9 Å². The number of alkyl halides is 3. The molecule has 2 aliphatic heterocycles. The van der Waals surface area contributed by atoms with E-state index in [1.54, 1.807) is 5.32 Å². The second-order valence-electron chi connectivity index (χ2n) is 13.1. The first kappa shape index (κ1) is 38.6. The number of carbonyl (C=O) groups excluding carboxylic acids is 1. The van der Waals surface area contributed by atoms with Gasteiger partial charge in [-0.15, -0.1) is 0 Å². The molecule has 2 saturated carbocycles. The van der Waals surface area contributed by atoms with Crippen molar-refractivity contribution in [1.82, 2.24) is 5.32 Å². The number of hydrogen-bond acceptors (Lipinski definition) is 12. The molecule has 17 heteroatoms. The lowest BCUT2D eigenvalue weighted by molar-refractivity contribution is -0.315. The van der Waals surface area contributed by atoms with Crippen LogP contribution in [0.5, 0.6) is 0 Å². The average molecular weight is 700 g/mol. The van der Waals surface area contributed by atoms with E-state index in [0.29, 0.717) is 19.3 Å². The predicted octanol–water partition coefficient (Wildman–Crippen LogP) is 2.33. The third kappa shape index (κ3) is 9.10. The number of carboxylic acid groups (broad SMARTS) is 1. The summed E-state index contributed by atoms with van der Waals surface area (Å²) in [4.78, 5) is 24.6. The van der Waals surface area contributed by atoms with Gasteiger partial charge in [0.2, 0.25) is 6.29 Å². The first-order valence-corrected chi connectivity index (χ1v) is 16.6. The summed E-state index contributed by atoms with van der Waals surface area (Å²) in [7, 11) is 0. The van der Waals surface area contributed by atoms with Gasteiger partial charge in [-0.05, 0) is 38.0 Å². The Morgan fingerprint density at radius 3 is 2.27 bits per heavy atom. The Balaban J connectivity index is 1.65. The Kier molecular flexibility index (Phi) is 13.4. The van der Waals surface area contributed by atoms with Gasteiger partial charge >= 0.3 is 18.1 Å². The Morgan fingerprint density at radius 2 is 1.67 bits per heavy atom. The van der Waals surface area contributed by atoms with Gasteiger partial charge in [0.25, 0.3) is 0 Å². The molecule has 1 amide bonds. The van der Waals surface area contributed by atoms with Gasteiger partial charge in [-0.3, -0.25) is 4.79 Å². The van der Waals surface area contributed by atoms with Gasteiger partial charge in [-0.2, -0.15) is 13.2 Å². The molecule has 2 heterocycles. The summed E-state index contributed by atoms with van der Waals surface area (Å²) in [6.07, 6.45) is -13.7. The maximum atomic E-state index is 13.6. The maximum absolute atomic E-state index is 13.6. The maximum Gasteiger partial charge on any atom is 0.471 e. The number of hydrogen-bond donors (Lipinski definition) is 7. The van der Waals surface area contributed by atoms with E-state index in [1.165, 1.54) is 6.92 Å². The molecular weight excluding hydrogens is 651 g/mol. The molecule has 0 aromatic carbocycles. The second kappa shape index (κ2) is 16.6. The van der Waals surface area contributed by atoms with Crippen LogP contribution in [0.3, 0.4) is 0 Å². The molecule has 0 aromatic heterocycles. The minimum atomic E-state index is -5.38. The van der Waals surface area contributed by atoms with E-state index in [4.69, 9.17) is 23.7 Å². The van der Waals surface area contributed by atoms with Crippen molar-refractivity contribution in [3.63, 3.8) is 0 Å². The molecular formula is C31H48F3NO13. The topological polar surface area (TPSA) is 214 Å². The highest BCUT2D eigenvalue weighted by molar-refractivity contribution is 5.82. The molecule has 0 spiro atoms. The summed E-state index contributed by atoms with van der Waals surface area (Å²) in [6, 6.07) is -1.90. The highest BCUT2D eigenvalue weighted by Crippen LogP contribution is 2.38. The fourth-order valence-electron chi connectivity index (χ4n) is 7.10. The number of aliphatic carboxylic acids is 1. The van der Waals surface area contributed by atoms with Crippen LogP contribution >= 0.6 is 0 Å². The summed E-state index contributed by atoms with van der Waals surface area (Å²) in [5, 5.41) is 63.7. The normalized spacial score (nSPS) is 37.6. The van der Waals surface area contributed by atoms with Gasteiger partial charge in [0, 0.05) is 0 Å². The molecule has 0 bridgehead atoms. The summed E-state index contributed by atoms with van der Waals surface area (Å²) in [5.41, 5.74) is 0. The lowest BCUT2D eigenvalue weighted by Crippen LogP contribution is -2.68. The Labute approximate surface area is 276 Å². The number of ether oxygens (including phenoxy) is 5. The number of aliphatic hydroxyl groups excluding tert-OH is 5. The number of amides is 1. The fourth-order valence-corrected chi connectivity index (χ4v) is 7.10. The van der Waals surface area contributed by atoms with E-state index >= 15 is 0 Å². The molecule has 3 fully saturated rings. The van der Waals surface area contributed by atoms with Crippen LogP contribution in [0.4, 0.5) is 13.2 Å². The van der Waals surface area contributed by atoms with Crippen LogP contribution in [0.25, 0.3) is 0 Å². The van der Waals surface area contributed by atoms with Crippen LogP contribution in [-0.2, 0) is 33.3 Å². The zero-order valence-electron chi connectivity index (χ0n) is 27.0. The van der Waals surface area contributed by atoms with E-state index in [1.807, 2.05) is 6.92 Å². The Morgan fingerprint density at radius 1 is 0.979 bits per heavy atom. The highest BCUT2D eigenvalue weighted by atomic mass is 19.4. The fraction of sp³-hybridized carbons (Fsp3) is 0.871. The molecule has 7 unspecified atom stereocenters. The molecule has 4 rings (SSSR count). The van der Waals surface area contributed by atoms with Crippen molar-refractivity contribution in [2.24, 2.45) is 11.8 Å². The van der Waals surface area contributed by atoms with Crippen LogP contribution in [-0.4, -0.2) is 123 Å². The first-order valence-electron chi connectivity index (χ1n) is 16.6. The molecule has 14 nitrogen and oxygen atoms in total. The van der Waals surface area contributed by atoms with Crippen LogP contribution in [0.2, 0.25) is 0 Å². The standard InChI is InChI=1S/C31H48F3NO13/c1-3-16-10-7-11-17(25(16)48-29-24(40)23(39)21(37)14(2)44-29)46-28-20(35-30(43)31(32,33)34)26(22(38)19(13-36)47-28)45-18(27(41)42)12-15-8-5-4-6-9-15/h14-22,25-26,28-29,36-40H,3-13H2,1-2H3,(H,35,43)(H,41,42)/t14-,16?,17+,18-,19?,20?,21?,22-,25?,26?,28+,29?/m0/s1. The quantitative estimate of drug-likeness (QED) is 0.156. The summed E-state index contributed by atoms with van der Waals surface area (Å²) < 4.78 is 70.2. The predicted molar refractivity (Wildman–Crippen MR) is 157 cm³/mol. The van der Waals surface area contributed by atoms with Crippen molar-refractivity contribution < 1.29 is 77.1 Å². The van der Waals surface area contributed by atoms with E-state index in [9.17, 15) is 53.4 Å². The highest BCUT2D eigenvalue weighted by Gasteiger charge is 2.53. The average Bonchev–Trinajstić information content (AvgIpc) is 3.05. The molecule has 1 saturated heterocycles. The number of carboxylic acids is 1. The van der Waals surface area contributed by atoms with E-state index in [-0.39, 0.29) is 24.7 Å². The molecule has 48 heavy (non-hydrogen) atoms. The van der Waals surface area contributed by atoms with Crippen molar-refractivity contribution in [2.75, 3.05) is 6.61 Å². The third-order valence-electron chi connectivity index (χ3n) is 9.84. The number of halogens is 3. The molecule has 276 valence electrons. The van der Waals surface area contributed by atoms with Gasteiger partial charge in [-0.25, -0.2) is 4.79 Å². The molecule has 0 aromatic rings. The number of aliphatic hydroxyl groups is 5. The van der Waals surface area contributed by atoms with Gasteiger partial charge in [0.1, 0.15) is 30.5 Å². The molecule has 7 N–H and O–H groups in total. The van der Waals surface area contributed by atoms with Crippen LogP contribution in [0, 0.1) is 11.8 Å². The van der Waals surface area contributed by atoms with Crippen molar-refractivity contribution in [1.29, 1.82) is 0 Å². The number of rotatable bonds is 12. The zero-order chi connectivity index (χ0) is 35.3. The smallest absolute Gasteiger partial charge is 0.471 e. The first-order chi connectivity index (χ1) is 22.7. The summed E-state index contributed by atoms with van der Waals surface area (Å²) in [5.74, 6) is -5.63. The molecule has 0 radical (unpaired) electrons. The van der Waals surface area contributed by atoms with Crippen molar-refractivity contribution in [3.8, 4) is 0 Å². The van der Waals surface area contributed by atoms with Gasteiger partial charge < -0.3 is 59.6 Å². The van der Waals surface area contributed by atoms with Crippen LogP contribution in [0.1, 0.15) is 78.1 Å². The SMILES string of the molecule is CCC1CCC[C@@H](O[C@@H]2OC(CO)[C@H](O)C(O[C@@H](CC3CCCCC3)C(=O)O)C2NC(=O)C(F)(F)F)C1OC1O[C@@H](C)C(O)C(O)=C1O. The van der Waals surface area contributed by atoms with E-state index < -0.39 is 104 Å². The minimum absolute atomic E-state index is 0.0176. The number of carbonyl (C=O) groups is 2. The molecule has 2 aliphatic carbocycles. The van der Waals surface area contributed by atoms with Gasteiger partial charge in [0.05, 0.1) is 24.9 Å². The van der Waals surface area contributed by atoms with Gasteiger partial charge in [0.15, 0.2) is 23.9 Å². The van der Waals surface area contributed by atoms with E-state index in [2.05, 4.69) is 0 Å². The largest absolute Gasteiger partial charge is 0.506 e. The minimum Gasteiger partial charge on any atom is -0.506 e. The Hall–Kier alpha value is -2.25. The second-order valence-corrected chi connectivity index (χ2v) is 13.1. The summed E-state index contributed by atoms with van der Waals surface area (Å²) >= 11 is 0. The van der Waals surface area contributed by atoms with Crippen LogP contribution in [0.15, 0.2) is 11.5 Å². The summed E-state index contributed by atoms with van der Waals surface area (Å²) in [6.45, 7) is 2.45. The zero-order valence-corrected chi connectivity index (χ0v) is 27.0. The number of nitrogens with one attached hydrogen (secondary N) is 1. The lowest BCUT2D eigenvalue weighted by Gasteiger charge is -2.48. The molecule has 4 aliphatic rings. The lowest BCUT2D eigenvalue weighted by atomic mass is 9.82. The van der Waals surface area contributed by atoms with E-state index in [0.717, 1.165) is 32.1 Å². The molecule has 12 atom stereocenters. The Bertz CT molecular complexity index is 1120. The van der Waals surface area contributed by atoms with Crippen LogP contribution < -0.4 is 5.32 Å². The van der Waals surface area contributed by atoms with Crippen molar-refractivity contribution in [2.45, 2.75) is 152 Å². The monoisotopic (exact) mass is 699 g/mol. The van der Waals surface area contributed by atoms with Gasteiger partial charge in [-0.1, -0.05) is 51.9 Å².